The fourth-order valence-electron chi connectivity index (χ4n) is 2.80. The molecule has 0 atom stereocenters. The summed E-state index contributed by atoms with van der Waals surface area (Å²) in [5, 5.41) is 4.61. The van der Waals surface area contributed by atoms with Crippen LogP contribution >= 0.6 is 23.2 Å². The number of benzene rings is 1. The van der Waals surface area contributed by atoms with Crippen LogP contribution in [0.4, 0.5) is 5.95 Å². The summed E-state index contributed by atoms with van der Waals surface area (Å²) in [5.74, 6) is 0.626. The predicted molar refractivity (Wildman–Crippen MR) is 105 cm³/mol. The van der Waals surface area contributed by atoms with Crippen LogP contribution in [0.2, 0.25) is 5.02 Å². The summed E-state index contributed by atoms with van der Waals surface area (Å²) in [5.41, 5.74) is 2.54. The van der Waals surface area contributed by atoms with E-state index < -0.39 is 0 Å². The van der Waals surface area contributed by atoms with Crippen molar-refractivity contribution in [3.8, 4) is 5.75 Å². The number of allylic oxidation sites excluding steroid dienone is 4. The van der Waals surface area contributed by atoms with E-state index in [0.717, 1.165) is 34.7 Å². The number of anilines is 1. The number of aromatic nitrogens is 2. The van der Waals surface area contributed by atoms with Gasteiger partial charge in [0.15, 0.2) is 0 Å². The van der Waals surface area contributed by atoms with Crippen LogP contribution in [0.25, 0.3) is 0 Å². The molecule has 0 amide bonds. The normalized spacial score (nSPS) is 14.2. The molecule has 3 rings (SSSR count). The maximum atomic E-state index is 12.8. The van der Waals surface area contributed by atoms with Gasteiger partial charge in [0.2, 0.25) is 11.7 Å². The minimum atomic E-state index is -0.263. The molecule has 0 spiro atoms. The number of ether oxygens (including phenoxy) is 1. The monoisotopic (exact) mass is 391 g/mol. The zero-order valence-corrected chi connectivity index (χ0v) is 16.1. The van der Waals surface area contributed by atoms with Gasteiger partial charge in [-0.05, 0) is 43.0 Å². The van der Waals surface area contributed by atoms with E-state index in [0.29, 0.717) is 17.5 Å². The van der Waals surface area contributed by atoms with Crippen LogP contribution in [0.5, 0.6) is 5.75 Å². The van der Waals surface area contributed by atoms with Crippen molar-refractivity contribution in [2.24, 2.45) is 0 Å². The lowest BCUT2D eigenvalue weighted by Crippen LogP contribution is -2.26. The molecule has 0 unspecified atom stereocenters. The third-order valence-corrected chi connectivity index (χ3v) is 4.93. The summed E-state index contributed by atoms with van der Waals surface area (Å²) in [7, 11) is 1.45. The van der Waals surface area contributed by atoms with Gasteiger partial charge >= 0.3 is 0 Å². The summed E-state index contributed by atoms with van der Waals surface area (Å²) in [6.45, 7) is 2.27. The molecule has 7 heteroatoms. The first-order chi connectivity index (χ1) is 12.5. The molecule has 1 heterocycles. The zero-order chi connectivity index (χ0) is 18.7. The Balaban J connectivity index is 2.02. The van der Waals surface area contributed by atoms with Crippen molar-refractivity contribution in [3.63, 3.8) is 0 Å². The Hall–Kier alpha value is -2.24. The predicted octanol–water partition coefficient (Wildman–Crippen LogP) is 4.56. The Kier molecular flexibility index (Phi) is 5.69. The molecular formula is C19H19Cl2N3O2. The summed E-state index contributed by atoms with van der Waals surface area (Å²) in [6, 6.07) is 7.37. The summed E-state index contributed by atoms with van der Waals surface area (Å²) in [6.07, 6.45) is 5.06. The smallest absolute Gasteiger partial charge is 0.297 e. The van der Waals surface area contributed by atoms with Gasteiger partial charge in [0, 0.05) is 15.8 Å². The second-order valence-electron chi connectivity index (χ2n) is 5.99. The van der Waals surface area contributed by atoms with Crippen molar-refractivity contribution in [2.75, 3.05) is 12.4 Å². The van der Waals surface area contributed by atoms with E-state index in [4.69, 9.17) is 27.9 Å². The average Bonchev–Trinajstić information content (AvgIpc) is 2.62. The van der Waals surface area contributed by atoms with E-state index in [2.05, 4.69) is 10.3 Å². The molecule has 5 nitrogen and oxygen atoms in total. The van der Waals surface area contributed by atoms with Crippen molar-refractivity contribution < 1.29 is 4.74 Å². The van der Waals surface area contributed by atoms with Gasteiger partial charge in [-0.25, -0.2) is 4.98 Å². The maximum Gasteiger partial charge on any atom is 0.297 e. The number of halogens is 2. The third kappa shape index (κ3) is 3.94. The largest absolute Gasteiger partial charge is 0.490 e. The fraction of sp³-hybridized carbons (Fsp3) is 0.263. The molecule has 136 valence electrons. The number of nitrogens with one attached hydrogen (secondary N) is 1. The van der Waals surface area contributed by atoms with Gasteiger partial charge in [-0.15, -0.1) is 0 Å². The minimum absolute atomic E-state index is 0.185. The average molecular weight is 392 g/mol. The summed E-state index contributed by atoms with van der Waals surface area (Å²) >= 11 is 12.3. The van der Waals surface area contributed by atoms with Crippen LogP contribution in [0.1, 0.15) is 25.3 Å². The number of hydrogen-bond acceptors (Lipinski definition) is 4. The molecular weight excluding hydrogens is 373 g/mol. The van der Waals surface area contributed by atoms with Gasteiger partial charge in [0.1, 0.15) is 0 Å². The zero-order valence-electron chi connectivity index (χ0n) is 14.6. The van der Waals surface area contributed by atoms with E-state index in [-0.39, 0.29) is 11.3 Å². The second-order valence-corrected chi connectivity index (χ2v) is 6.83. The number of nitrogens with zero attached hydrogens (tertiary/aromatic N) is 2. The summed E-state index contributed by atoms with van der Waals surface area (Å²) < 4.78 is 6.68. The number of methoxy groups -OCH3 is 1. The number of hydrogen-bond donors (Lipinski definition) is 1. The van der Waals surface area contributed by atoms with Crippen LogP contribution < -0.4 is 15.6 Å². The standard InChI is InChI=1S/C19H19Cl2N3O2/c1-12-15(21)7-4-8-16(12)23-19-22-10-17(26-2)18(25)24(19)11-13-5-3-6-14(20)9-13/h3,5-7,9-10H,4,8,11H2,1-2H3,(H,22,23). The highest BCUT2D eigenvalue weighted by Gasteiger charge is 2.16. The molecule has 1 N–H and O–H groups in total. The molecule has 0 radical (unpaired) electrons. The molecule has 0 saturated heterocycles. The Morgan fingerprint density at radius 3 is 2.88 bits per heavy atom. The fourth-order valence-corrected chi connectivity index (χ4v) is 3.23. The molecule has 1 aromatic carbocycles. The first-order valence-corrected chi connectivity index (χ1v) is 8.96. The lowest BCUT2D eigenvalue weighted by molar-refractivity contribution is 0.401. The molecule has 1 aliphatic carbocycles. The van der Waals surface area contributed by atoms with Crippen molar-refractivity contribution in [2.45, 2.75) is 26.3 Å². The van der Waals surface area contributed by atoms with Gasteiger partial charge in [0.05, 0.1) is 19.9 Å². The highest BCUT2D eigenvalue weighted by atomic mass is 35.5. The molecule has 2 aromatic rings. The van der Waals surface area contributed by atoms with E-state index in [1.54, 1.807) is 6.07 Å². The lowest BCUT2D eigenvalue weighted by atomic mass is 10.0. The van der Waals surface area contributed by atoms with Gasteiger partial charge in [-0.1, -0.05) is 41.4 Å². The summed E-state index contributed by atoms with van der Waals surface area (Å²) in [4.78, 5) is 17.1. The number of rotatable bonds is 5. The quantitative estimate of drug-likeness (QED) is 0.811. The van der Waals surface area contributed by atoms with Crippen LogP contribution in [0.15, 0.2) is 57.6 Å². The van der Waals surface area contributed by atoms with E-state index in [1.165, 1.54) is 17.9 Å². The van der Waals surface area contributed by atoms with E-state index >= 15 is 0 Å². The van der Waals surface area contributed by atoms with E-state index in [1.807, 2.05) is 31.2 Å². The van der Waals surface area contributed by atoms with Crippen molar-refractivity contribution in [1.82, 2.24) is 9.55 Å². The minimum Gasteiger partial charge on any atom is -0.490 e. The van der Waals surface area contributed by atoms with Crippen molar-refractivity contribution in [3.05, 3.63) is 73.8 Å². The Morgan fingerprint density at radius 1 is 1.35 bits per heavy atom. The maximum absolute atomic E-state index is 12.8. The lowest BCUT2D eigenvalue weighted by Gasteiger charge is -2.20. The molecule has 0 aliphatic heterocycles. The van der Waals surface area contributed by atoms with Crippen molar-refractivity contribution >= 4 is 29.2 Å². The third-order valence-electron chi connectivity index (χ3n) is 4.26. The van der Waals surface area contributed by atoms with Crippen LogP contribution in [-0.2, 0) is 6.54 Å². The highest BCUT2D eigenvalue weighted by molar-refractivity contribution is 6.32. The molecule has 0 bridgehead atoms. The van der Waals surface area contributed by atoms with E-state index in [9.17, 15) is 4.79 Å². The topological polar surface area (TPSA) is 56.1 Å². The second kappa shape index (κ2) is 7.98. The van der Waals surface area contributed by atoms with Crippen LogP contribution in [-0.4, -0.2) is 16.7 Å². The Bertz CT molecular complexity index is 948. The van der Waals surface area contributed by atoms with Crippen LogP contribution in [0.3, 0.4) is 0 Å². The Morgan fingerprint density at radius 2 is 2.15 bits per heavy atom. The first-order valence-electron chi connectivity index (χ1n) is 8.20. The van der Waals surface area contributed by atoms with Crippen molar-refractivity contribution in [1.29, 1.82) is 0 Å². The van der Waals surface area contributed by atoms with Gasteiger partial charge in [0.25, 0.3) is 5.56 Å². The first kappa shape index (κ1) is 18.5. The molecule has 1 aromatic heterocycles. The van der Waals surface area contributed by atoms with Gasteiger partial charge < -0.3 is 10.1 Å². The molecule has 0 saturated carbocycles. The SMILES string of the molecule is COc1cnc(NC2=C(C)C(Cl)=CCC2)n(Cc2cccc(Cl)c2)c1=O. The molecule has 26 heavy (non-hydrogen) atoms. The highest BCUT2D eigenvalue weighted by Crippen LogP contribution is 2.28. The Labute approximate surface area is 161 Å². The van der Waals surface area contributed by atoms with Gasteiger partial charge in [-0.2, -0.15) is 0 Å². The molecule has 0 fully saturated rings. The molecule has 1 aliphatic rings. The van der Waals surface area contributed by atoms with Gasteiger partial charge in [-0.3, -0.25) is 9.36 Å². The van der Waals surface area contributed by atoms with Crippen LogP contribution in [0, 0.1) is 0 Å².